The van der Waals surface area contributed by atoms with Gasteiger partial charge in [0.25, 0.3) is 0 Å². The number of anilines is 1. The van der Waals surface area contributed by atoms with Crippen molar-refractivity contribution in [2.75, 3.05) is 18.4 Å². The molecule has 1 aromatic carbocycles. The van der Waals surface area contributed by atoms with Gasteiger partial charge >= 0.3 is 6.09 Å². The number of alkyl carbamates (subject to hydrolysis) is 1. The number of aromatic hydroxyl groups is 1. The SMILES string of the molecule is Cc1cc(NCCCNC(=O)OC(C)(C)C)c(C)cc1O. The lowest BCUT2D eigenvalue weighted by Gasteiger charge is -2.19. The van der Waals surface area contributed by atoms with Crippen LogP contribution in [0.3, 0.4) is 0 Å². The van der Waals surface area contributed by atoms with Crippen LogP contribution in [-0.2, 0) is 4.74 Å². The van der Waals surface area contributed by atoms with E-state index in [0.717, 1.165) is 29.8 Å². The Bertz CT molecular complexity index is 493. The molecule has 5 nitrogen and oxygen atoms in total. The van der Waals surface area contributed by atoms with E-state index in [0.29, 0.717) is 12.3 Å². The number of amides is 1. The highest BCUT2D eigenvalue weighted by molar-refractivity contribution is 5.67. The van der Waals surface area contributed by atoms with Crippen LogP contribution in [0.4, 0.5) is 10.5 Å². The molecule has 21 heavy (non-hydrogen) atoms. The van der Waals surface area contributed by atoms with Gasteiger partial charge < -0.3 is 20.5 Å². The second-order valence-electron chi connectivity index (χ2n) is 6.16. The zero-order valence-corrected chi connectivity index (χ0v) is 13.5. The van der Waals surface area contributed by atoms with Crippen molar-refractivity contribution in [1.82, 2.24) is 5.32 Å². The fourth-order valence-electron chi connectivity index (χ4n) is 1.81. The number of nitrogens with one attached hydrogen (secondary N) is 2. The van der Waals surface area contributed by atoms with Crippen molar-refractivity contribution in [2.45, 2.75) is 46.6 Å². The molecule has 0 fully saturated rings. The molecule has 0 radical (unpaired) electrons. The van der Waals surface area contributed by atoms with E-state index >= 15 is 0 Å². The van der Waals surface area contributed by atoms with Crippen LogP contribution in [0.2, 0.25) is 0 Å². The summed E-state index contributed by atoms with van der Waals surface area (Å²) in [6.07, 6.45) is 0.401. The van der Waals surface area contributed by atoms with Crippen molar-refractivity contribution in [3.63, 3.8) is 0 Å². The molecule has 0 saturated heterocycles. The van der Waals surface area contributed by atoms with Crippen LogP contribution in [0.25, 0.3) is 0 Å². The normalized spacial score (nSPS) is 11.1. The van der Waals surface area contributed by atoms with Gasteiger partial charge in [0, 0.05) is 18.8 Å². The number of benzene rings is 1. The Balaban J connectivity index is 2.29. The van der Waals surface area contributed by atoms with E-state index in [-0.39, 0.29) is 6.09 Å². The summed E-state index contributed by atoms with van der Waals surface area (Å²) in [4.78, 5) is 11.4. The second kappa shape index (κ2) is 7.20. The molecule has 118 valence electrons. The fourth-order valence-corrected chi connectivity index (χ4v) is 1.81. The molecular weight excluding hydrogens is 268 g/mol. The van der Waals surface area contributed by atoms with Crippen molar-refractivity contribution in [1.29, 1.82) is 0 Å². The minimum Gasteiger partial charge on any atom is -0.508 e. The number of carbonyl (C=O) groups is 1. The molecule has 0 bridgehead atoms. The van der Waals surface area contributed by atoms with Gasteiger partial charge in [-0.15, -0.1) is 0 Å². The van der Waals surface area contributed by atoms with E-state index in [9.17, 15) is 9.90 Å². The molecule has 0 atom stereocenters. The maximum Gasteiger partial charge on any atom is 0.407 e. The fraction of sp³-hybridized carbons (Fsp3) is 0.562. The van der Waals surface area contributed by atoms with Crippen molar-refractivity contribution in [3.05, 3.63) is 23.3 Å². The topological polar surface area (TPSA) is 70.6 Å². The Morgan fingerprint density at radius 3 is 2.48 bits per heavy atom. The summed E-state index contributed by atoms with van der Waals surface area (Å²) < 4.78 is 5.15. The van der Waals surface area contributed by atoms with Gasteiger partial charge in [-0.1, -0.05) is 0 Å². The number of rotatable bonds is 5. The Hall–Kier alpha value is -1.91. The Morgan fingerprint density at radius 1 is 1.19 bits per heavy atom. The van der Waals surface area contributed by atoms with E-state index in [1.54, 1.807) is 6.07 Å². The summed E-state index contributed by atoms with van der Waals surface area (Å²) in [5.41, 5.74) is 2.37. The molecule has 0 unspecified atom stereocenters. The molecule has 0 heterocycles. The summed E-state index contributed by atoms with van der Waals surface area (Å²) in [7, 11) is 0. The highest BCUT2D eigenvalue weighted by Crippen LogP contribution is 2.24. The van der Waals surface area contributed by atoms with Gasteiger partial charge in [-0.2, -0.15) is 0 Å². The summed E-state index contributed by atoms with van der Waals surface area (Å²) in [5.74, 6) is 0.310. The first-order chi connectivity index (χ1) is 9.69. The Morgan fingerprint density at radius 2 is 1.86 bits per heavy atom. The predicted octanol–water partition coefficient (Wildman–Crippen LogP) is 3.34. The van der Waals surface area contributed by atoms with Crippen LogP contribution >= 0.6 is 0 Å². The first kappa shape index (κ1) is 17.1. The number of phenols is 1. The molecule has 1 aromatic rings. The van der Waals surface area contributed by atoms with Gasteiger partial charge in [0.15, 0.2) is 0 Å². The summed E-state index contributed by atoms with van der Waals surface area (Å²) in [5, 5.41) is 15.6. The molecule has 5 heteroatoms. The number of hydrogen-bond acceptors (Lipinski definition) is 4. The zero-order valence-electron chi connectivity index (χ0n) is 13.5. The predicted molar refractivity (Wildman–Crippen MR) is 84.9 cm³/mol. The van der Waals surface area contributed by atoms with Crippen LogP contribution in [-0.4, -0.2) is 29.9 Å². The Kier molecular flexibility index (Phi) is 5.88. The monoisotopic (exact) mass is 294 g/mol. The number of carbonyl (C=O) groups excluding carboxylic acids is 1. The zero-order chi connectivity index (χ0) is 16.0. The molecule has 0 aromatic heterocycles. The van der Waals surface area contributed by atoms with Crippen molar-refractivity contribution in [2.24, 2.45) is 0 Å². The smallest absolute Gasteiger partial charge is 0.407 e. The summed E-state index contributed by atoms with van der Waals surface area (Å²) in [6, 6.07) is 3.67. The second-order valence-corrected chi connectivity index (χ2v) is 6.16. The van der Waals surface area contributed by atoms with Gasteiger partial charge in [0.05, 0.1) is 0 Å². The van der Waals surface area contributed by atoms with Gasteiger partial charge in [-0.25, -0.2) is 4.79 Å². The van der Waals surface area contributed by atoms with Crippen molar-refractivity contribution < 1.29 is 14.6 Å². The molecule has 1 rings (SSSR count). The first-order valence-corrected chi connectivity index (χ1v) is 7.20. The average molecular weight is 294 g/mol. The third-order valence-electron chi connectivity index (χ3n) is 2.88. The highest BCUT2D eigenvalue weighted by Gasteiger charge is 2.15. The van der Waals surface area contributed by atoms with E-state index in [2.05, 4.69) is 10.6 Å². The van der Waals surface area contributed by atoms with Crippen molar-refractivity contribution in [3.8, 4) is 5.75 Å². The van der Waals surface area contributed by atoms with Crippen LogP contribution in [0, 0.1) is 13.8 Å². The minimum absolute atomic E-state index is 0.310. The third-order valence-corrected chi connectivity index (χ3v) is 2.88. The third kappa shape index (κ3) is 6.38. The van der Waals surface area contributed by atoms with E-state index in [1.807, 2.05) is 40.7 Å². The number of phenolic OH excluding ortho intramolecular Hbond substituents is 1. The number of aryl methyl sites for hydroxylation is 2. The lowest BCUT2D eigenvalue weighted by atomic mass is 10.1. The van der Waals surface area contributed by atoms with Gasteiger partial charge in [-0.05, 0) is 64.3 Å². The number of ether oxygens (including phenoxy) is 1. The molecule has 3 N–H and O–H groups in total. The van der Waals surface area contributed by atoms with E-state index in [1.165, 1.54) is 0 Å². The highest BCUT2D eigenvalue weighted by atomic mass is 16.6. The Labute approximate surface area is 126 Å². The molecule has 0 aliphatic heterocycles. The van der Waals surface area contributed by atoms with E-state index < -0.39 is 5.60 Å². The molecule has 1 amide bonds. The molecule has 0 spiro atoms. The summed E-state index contributed by atoms with van der Waals surface area (Å²) in [6.45, 7) is 10.6. The summed E-state index contributed by atoms with van der Waals surface area (Å²) >= 11 is 0. The van der Waals surface area contributed by atoms with Crippen LogP contribution in [0.5, 0.6) is 5.75 Å². The molecule has 0 aliphatic carbocycles. The quantitative estimate of drug-likeness (QED) is 0.575. The van der Waals surface area contributed by atoms with E-state index in [4.69, 9.17) is 4.74 Å². The first-order valence-electron chi connectivity index (χ1n) is 7.20. The van der Waals surface area contributed by atoms with Crippen LogP contribution in [0.15, 0.2) is 12.1 Å². The standard InChI is InChI=1S/C16H26N2O3/c1-11-10-14(19)12(2)9-13(11)17-7-6-8-18-15(20)21-16(3,4)5/h9-10,17,19H,6-8H2,1-5H3,(H,18,20). The average Bonchev–Trinajstić information content (AvgIpc) is 2.32. The molecular formula is C16H26N2O3. The molecule has 0 saturated carbocycles. The largest absolute Gasteiger partial charge is 0.508 e. The minimum atomic E-state index is -0.469. The van der Waals surface area contributed by atoms with Gasteiger partial charge in [0.1, 0.15) is 11.4 Å². The number of hydrogen-bond donors (Lipinski definition) is 3. The van der Waals surface area contributed by atoms with Crippen molar-refractivity contribution >= 4 is 11.8 Å². The lowest BCUT2D eigenvalue weighted by molar-refractivity contribution is 0.0528. The maximum atomic E-state index is 11.4. The van der Waals surface area contributed by atoms with Crippen LogP contribution in [0.1, 0.15) is 38.3 Å². The van der Waals surface area contributed by atoms with Gasteiger partial charge in [0.2, 0.25) is 0 Å². The van der Waals surface area contributed by atoms with Gasteiger partial charge in [-0.3, -0.25) is 0 Å². The molecule has 0 aliphatic rings. The lowest BCUT2D eigenvalue weighted by Crippen LogP contribution is -2.33. The van der Waals surface area contributed by atoms with Crippen LogP contribution < -0.4 is 10.6 Å². The maximum absolute atomic E-state index is 11.4.